The summed E-state index contributed by atoms with van der Waals surface area (Å²) in [5, 5.41) is 9.06. The van der Waals surface area contributed by atoms with E-state index in [0.717, 1.165) is 24.8 Å². The number of rotatable bonds is 2. The first kappa shape index (κ1) is 9.44. The van der Waals surface area contributed by atoms with E-state index in [1.807, 2.05) is 30.3 Å². The van der Waals surface area contributed by atoms with Gasteiger partial charge in [-0.25, -0.2) is 4.89 Å². The molecule has 0 heterocycles. The molecule has 0 amide bonds. The van der Waals surface area contributed by atoms with Crippen molar-refractivity contribution in [3.63, 3.8) is 0 Å². The molecule has 0 aromatic heterocycles. The van der Waals surface area contributed by atoms with E-state index in [9.17, 15) is 0 Å². The van der Waals surface area contributed by atoms with Crippen LogP contribution in [0.15, 0.2) is 42.5 Å². The van der Waals surface area contributed by atoms with Gasteiger partial charge in [0.1, 0.15) is 5.60 Å². The van der Waals surface area contributed by atoms with Crippen LogP contribution in [0.5, 0.6) is 0 Å². The summed E-state index contributed by atoms with van der Waals surface area (Å²) >= 11 is 0. The first-order valence-corrected chi connectivity index (χ1v) is 4.90. The van der Waals surface area contributed by atoms with Gasteiger partial charge in [0.15, 0.2) is 0 Å². The van der Waals surface area contributed by atoms with Crippen LogP contribution in [0.2, 0.25) is 0 Å². The Morgan fingerprint density at radius 1 is 1.14 bits per heavy atom. The second-order valence-corrected chi connectivity index (χ2v) is 3.67. The SMILES string of the molecule is OOC1(c2ccccc2)CC=CCC1. The molecule has 0 radical (unpaired) electrons. The Bertz CT molecular complexity index is 318. The smallest absolute Gasteiger partial charge is 0.132 e. The molecule has 1 aliphatic rings. The fourth-order valence-corrected chi connectivity index (χ4v) is 1.95. The van der Waals surface area contributed by atoms with E-state index < -0.39 is 5.60 Å². The quantitative estimate of drug-likeness (QED) is 0.441. The molecule has 0 saturated heterocycles. The minimum Gasteiger partial charge on any atom is -0.251 e. The van der Waals surface area contributed by atoms with Gasteiger partial charge in [-0.3, -0.25) is 5.26 Å². The molecule has 2 heteroatoms. The predicted octanol–water partition coefficient (Wildman–Crippen LogP) is 3.11. The zero-order chi connectivity index (χ0) is 9.86. The molecule has 1 N–H and O–H groups in total. The van der Waals surface area contributed by atoms with E-state index in [-0.39, 0.29) is 0 Å². The molecule has 14 heavy (non-hydrogen) atoms. The lowest BCUT2D eigenvalue weighted by atomic mass is 9.83. The maximum Gasteiger partial charge on any atom is 0.132 e. The maximum atomic E-state index is 9.06. The van der Waals surface area contributed by atoms with Gasteiger partial charge < -0.3 is 0 Å². The summed E-state index contributed by atoms with van der Waals surface area (Å²) in [4.78, 5) is 4.71. The Balaban J connectivity index is 2.33. The lowest BCUT2D eigenvalue weighted by Crippen LogP contribution is -2.29. The largest absolute Gasteiger partial charge is 0.251 e. The Morgan fingerprint density at radius 3 is 2.50 bits per heavy atom. The highest BCUT2D eigenvalue weighted by Crippen LogP contribution is 2.36. The van der Waals surface area contributed by atoms with Crippen LogP contribution in [0.4, 0.5) is 0 Å². The van der Waals surface area contributed by atoms with E-state index in [4.69, 9.17) is 10.1 Å². The predicted molar refractivity (Wildman–Crippen MR) is 54.8 cm³/mol. The Labute approximate surface area is 83.8 Å². The van der Waals surface area contributed by atoms with Gasteiger partial charge in [-0.05, 0) is 18.4 Å². The Morgan fingerprint density at radius 2 is 1.93 bits per heavy atom. The second-order valence-electron chi connectivity index (χ2n) is 3.67. The molecule has 1 aromatic carbocycles. The van der Waals surface area contributed by atoms with Gasteiger partial charge in [0.05, 0.1) is 0 Å². The summed E-state index contributed by atoms with van der Waals surface area (Å²) in [7, 11) is 0. The number of hydrogen-bond donors (Lipinski definition) is 1. The highest BCUT2D eigenvalue weighted by atomic mass is 17.1. The molecule has 74 valence electrons. The van der Waals surface area contributed by atoms with Crippen LogP contribution in [-0.4, -0.2) is 5.26 Å². The van der Waals surface area contributed by atoms with Gasteiger partial charge in [-0.1, -0.05) is 42.5 Å². The highest BCUT2D eigenvalue weighted by Gasteiger charge is 2.33. The van der Waals surface area contributed by atoms with Crippen molar-refractivity contribution < 1.29 is 10.1 Å². The van der Waals surface area contributed by atoms with Crippen LogP contribution in [0.25, 0.3) is 0 Å². The molecule has 2 rings (SSSR count). The van der Waals surface area contributed by atoms with Crippen molar-refractivity contribution in [2.75, 3.05) is 0 Å². The molecule has 2 nitrogen and oxygen atoms in total. The van der Waals surface area contributed by atoms with Crippen LogP contribution in [0.1, 0.15) is 24.8 Å². The zero-order valence-corrected chi connectivity index (χ0v) is 8.02. The lowest BCUT2D eigenvalue weighted by Gasteiger charge is -2.31. The Hall–Kier alpha value is -1.12. The van der Waals surface area contributed by atoms with Crippen LogP contribution in [0.3, 0.4) is 0 Å². The lowest BCUT2D eigenvalue weighted by molar-refractivity contribution is -0.331. The third kappa shape index (κ3) is 1.59. The van der Waals surface area contributed by atoms with Crippen LogP contribution in [-0.2, 0) is 10.5 Å². The van der Waals surface area contributed by atoms with Gasteiger partial charge >= 0.3 is 0 Å². The summed E-state index contributed by atoms with van der Waals surface area (Å²) in [6.45, 7) is 0. The summed E-state index contributed by atoms with van der Waals surface area (Å²) in [6.07, 6.45) is 6.72. The van der Waals surface area contributed by atoms with Crippen molar-refractivity contribution in [3.8, 4) is 0 Å². The summed E-state index contributed by atoms with van der Waals surface area (Å²) < 4.78 is 0. The van der Waals surface area contributed by atoms with Gasteiger partial charge in [-0.2, -0.15) is 0 Å². The van der Waals surface area contributed by atoms with Crippen LogP contribution in [0, 0.1) is 0 Å². The van der Waals surface area contributed by atoms with Crippen LogP contribution < -0.4 is 0 Å². The zero-order valence-electron chi connectivity index (χ0n) is 8.02. The Kier molecular flexibility index (Phi) is 2.66. The molecular formula is C12H14O2. The van der Waals surface area contributed by atoms with E-state index >= 15 is 0 Å². The fourth-order valence-electron chi connectivity index (χ4n) is 1.95. The topological polar surface area (TPSA) is 29.5 Å². The molecule has 1 aromatic rings. The average Bonchev–Trinajstić information content (AvgIpc) is 2.31. The minimum absolute atomic E-state index is 0.518. The summed E-state index contributed by atoms with van der Waals surface area (Å²) in [6, 6.07) is 9.89. The minimum atomic E-state index is -0.518. The van der Waals surface area contributed by atoms with Crippen LogP contribution >= 0.6 is 0 Å². The maximum absolute atomic E-state index is 9.06. The summed E-state index contributed by atoms with van der Waals surface area (Å²) in [5.41, 5.74) is 0.530. The van der Waals surface area contributed by atoms with Gasteiger partial charge in [0, 0.05) is 6.42 Å². The van der Waals surface area contributed by atoms with E-state index in [1.165, 1.54) is 0 Å². The first-order chi connectivity index (χ1) is 6.87. The number of hydrogen-bond acceptors (Lipinski definition) is 2. The average molecular weight is 190 g/mol. The fraction of sp³-hybridized carbons (Fsp3) is 0.333. The first-order valence-electron chi connectivity index (χ1n) is 4.90. The molecule has 0 spiro atoms. The molecular weight excluding hydrogens is 176 g/mol. The summed E-state index contributed by atoms with van der Waals surface area (Å²) in [5.74, 6) is 0. The van der Waals surface area contributed by atoms with E-state index in [0.29, 0.717) is 0 Å². The second kappa shape index (κ2) is 3.95. The van der Waals surface area contributed by atoms with Crippen molar-refractivity contribution in [3.05, 3.63) is 48.0 Å². The molecule has 0 saturated carbocycles. The van der Waals surface area contributed by atoms with Crippen molar-refractivity contribution in [1.82, 2.24) is 0 Å². The van der Waals surface area contributed by atoms with Gasteiger partial charge in [0.25, 0.3) is 0 Å². The standard InChI is InChI=1S/C12H14O2/c13-14-12(9-5-2-6-10-12)11-7-3-1-4-8-11/h1-5,7-8,13H,6,9-10H2. The molecule has 1 atom stereocenters. The third-order valence-electron chi connectivity index (χ3n) is 2.80. The highest BCUT2D eigenvalue weighted by molar-refractivity contribution is 5.24. The third-order valence-corrected chi connectivity index (χ3v) is 2.80. The van der Waals surface area contributed by atoms with Crippen molar-refractivity contribution in [1.29, 1.82) is 0 Å². The van der Waals surface area contributed by atoms with Crippen molar-refractivity contribution >= 4 is 0 Å². The van der Waals surface area contributed by atoms with Gasteiger partial charge in [0.2, 0.25) is 0 Å². The van der Waals surface area contributed by atoms with Gasteiger partial charge in [-0.15, -0.1) is 0 Å². The van der Waals surface area contributed by atoms with E-state index in [1.54, 1.807) is 0 Å². The van der Waals surface area contributed by atoms with Crippen molar-refractivity contribution in [2.45, 2.75) is 24.9 Å². The monoisotopic (exact) mass is 190 g/mol. The molecule has 0 fully saturated rings. The number of benzene rings is 1. The molecule has 1 unspecified atom stereocenters. The normalized spacial score (nSPS) is 26.4. The molecule has 0 bridgehead atoms. The number of allylic oxidation sites excluding steroid dienone is 1. The van der Waals surface area contributed by atoms with E-state index in [2.05, 4.69) is 12.2 Å². The van der Waals surface area contributed by atoms with Crippen molar-refractivity contribution in [2.24, 2.45) is 0 Å². The molecule has 0 aliphatic heterocycles. The molecule has 1 aliphatic carbocycles.